The van der Waals surface area contributed by atoms with Crippen LogP contribution in [0.1, 0.15) is 16.8 Å². The molecule has 0 saturated carbocycles. The second kappa shape index (κ2) is 7.79. The fourth-order valence-electron chi connectivity index (χ4n) is 4.14. The van der Waals surface area contributed by atoms with Gasteiger partial charge >= 0.3 is 0 Å². The Kier molecular flexibility index (Phi) is 4.86. The molecule has 148 valence electrons. The summed E-state index contributed by atoms with van der Waals surface area (Å²) in [5, 5.41) is 2.32. The number of benzene rings is 2. The van der Waals surface area contributed by atoms with E-state index in [1.54, 1.807) is 0 Å². The summed E-state index contributed by atoms with van der Waals surface area (Å²) in [4.78, 5) is 26.5. The van der Waals surface area contributed by atoms with E-state index in [-0.39, 0.29) is 5.91 Å². The third-order valence-corrected chi connectivity index (χ3v) is 5.80. The molecule has 0 spiro atoms. The maximum absolute atomic E-state index is 13.1. The van der Waals surface area contributed by atoms with Crippen molar-refractivity contribution >= 4 is 22.6 Å². The van der Waals surface area contributed by atoms with Gasteiger partial charge in [-0.2, -0.15) is 0 Å². The summed E-state index contributed by atoms with van der Waals surface area (Å²) in [6, 6.07) is 14.4. The molecule has 0 radical (unpaired) electrons. The van der Waals surface area contributed by atoms with Crippen molar-refractivity contribution in [3.05, 3.63) is 65.5 Å². The van der Waals surface area contributed by atoms with Crippen molar-refractivity contribution in [2.45, 2.75) is 19.4 Å². The number of amides is 1. The molecule has 3 aromatic rings. The van der Waals surface area contributed by atoms with Crippen LogP contribution in [-0.2, 0) is 28.9 Å². The fraction of sp³-hybridized carbons (Fsp3) is 0.348. The van der Waals surface area contributed by atoms with Gasteiger partial charge in [-0.15, -0.1) is 0 Å². The van der Waals surface area contributed by atoms with Gasteiger partial charge in [-0.3, -0.25) is 4.79 Å². The zero-order valence-electron chi connectivity index (χ0n) is 16.4. The van der Waals surface area contributed by atoms with Crippen LogP contribution in [-0.4, -0.2) is 53.6 Å². The van der Waals surface area contributed by atoms with E-state index in [4.69, 9.17) is 9.72 Å². The van der Waals surface area contributed by atoms with Gasteiger partial charge in [0, 0.05) is 25.8 Å². The molecule has 0 unspecified atom stereocenters. The van der Waals surface area contributed by atoms with Crippen LogP contribution in [0.25, 0.3) is 10.8 Å². The van der Waals surface area contributed by atoms with E-state index in [0.717, 1.165) is 54.2 Å². The Morgan fingerprint density at radius 3 is 2.76 bits per heavy atom. The van der Waals surface area contributed by atoms with Crippen LogP contribution in [0.5, 0.6) is 0 Å². The Balaban J connectivity index is 1.33. The first-order valence-electron chi connectivity index (χ1n) is 10.2. The number of fused-ring (bicyclic) bond motifs is 2. The lowest BCUT2D eigenvalue weighted by Crippen LogP contribution is -2.39. The molecule has 6 nitrogen and oxygen atoms in total. The van der Waals surface area contributed by atoms with E-state index >= 15 is 0 Å². The smallest absolute Gasteiger partial charge is 0.227 e. The average Bonchev–Trinajstić information content (AvgIpc) is 2.79. The Labute approximate surface area is 170 Å². The van der Waals surface area contributed by atoms with Crippen molar-refractivity contribution in [3.8, 4) is 0 Å². The largest absolute Gasteiger partial charge is 0.378 e. The molecular formula is C23H24N4O2. The Bertz CT molecular complexity index is 1040. The molecule has 3 heterocycles. The number of anilines is 1. The molecule has 1 amide bonds. The molecular weight excluding hydrogens is 364 g/mol. The van der Waals surface area contributed by atoms with Crippen LogP contribution in [0.4, 0.5) is 5.95 Å². The molecule has 29 heavy (non-hydrogen) atoms. The van der Waals surface area contributed by atoms with Crippen molar-refractivity contribution in [2.75, 3.05) is 37.7 Å². The monoisotopic (exact) mass is 388 g/mol. The third-order valence-electron chi connectivity index (χ3n) is 5.80. The summed E-state index contributed by atoms with van der Waals surface area (Å²) in [5.41, 5.74) is 3.20. The lowest BCUT2D eigenvalue weighted by molar-refractivity contribution is -0.131. The molecule has 1 aromatic heterocycles. The van der Waals surface area contributed by atoms with Crippen molar-refractivity contribution in [1.29, 1.82) is 0 Å². The first-order chi connectivity index (χ1) is 14.3. The summed E-state index contributed by atoms with van der Waals surface area (Å²) < 4.78 is 5.42. The zero-order valence-corrected chi connectivity index (χ0v) is 16.4. The average molecular weight is 388 g/mol. The molecule has 5 rings (SSSR count). The van der Waals surface area contributed by atoms with Crippen LogP contribution in [0.15, 0.2) is 48.7 Å². The van der Waals surface area contributed by atoms with Gasteiger partial charge in [-0.25, -0.2) is 9.97 Å². The van der Waals surface area contributed by atoms with Gasteiger partial charge in [0.1, 0.15) is 0 Å². The van der Waals surface area contributed by atoms with Crippen molar-refractivity contribution in [1.82, 2.24) is 14.9 Å². The highest BCUT2D eigenvalue weighted by Crippen LogP contribution is 2.23. The van der Waals surface area contributed by atoms with Crippen molar-refractivity contribution < 1.29 is 9.53 Å². The van der Waals surface area contributed by atoms with Gasteiger partial charge in [0.2, 0.25) is 11.9 Å². The standard InChI is InChI=1S/C23H24N4O2/c28-22(14-18-6-3-5-17-4-1-2-7-20(17)18)27-9-8-19-15-24-23(25-21(19)16-27)26-10-12-29-13-11-26/h1-7,15H,8-14,16H2. The molecule has 1 fully saturated rings. The summed E-state index contributed by atoms with van der Waals surface area (Å²) in [7, 11) is 0. The predicted octanol–water partition coefficient (Wildman–Crippen LogP) is 2.59. The van der Waals surface area contributed by atoms with Crippen LogP contribution in [0, 0.1) is 0 Å². The van der Waals surface area contributed by atoms with Crippen molar-refractivity contribution in [3.63, 3.8) is 0 Å². The topological polar surface area (TPSA) is 58.6 Å². The van der Waals surface area contributed by atoms with E-state index < -0.39 is 0 Å². The van der Waals surface area contributed by atoms with Crippen molar-refractivity contribution in [2.24, 2.45) is 0 Å². The highest BCUT2D eigenvalue weighted by molar-refractivity contribution is 5.90. The van der Waals surface area contributed by atoms with Crippen LogP contribution < -0.4 is 4.90 Å². The third kappa shape index (κ3) is 3.68. The number of carbonyl (C=O) groups excluding carboxylic acids is 1. The van der Waals surface area contributed by atoms with Crippen LogP contribution in [0.2, 0.25) is 0 Å². The number of nitrogens with zero attached hydrogens (tertiary/aromatic N) is 4. The molecule has 6 heteroatoms. The first-order valence-corrected chi connectivity index (χ1v) is 10.2. The fourth-order valence-corrected chi connectivity index (χ4v) is 4.14. The maximum atomic E-state index is 13.1. The van der Waals surface area contributed by atoms with Gasteiger partial charge in [0.05, 0.1) is 31.9 Å². The quantitative estimate of drug-likeness (QED) is 0.690. The number of morpholine rings is 1. The number of hydrogen-bond acceptors (Lipinski definition) is 5. The number of rotatable bonds is 3. The van der Waals surface area contributed by atoms with Gasteiger partial charge in [-0.05, 0) is 28.3 Å². The summed E-state index contributed by atoms with van der Waals surface area (Å²) in [6.07, 6.45) is 3.15. The van der Waals surface area contributed by atoms with E-state index in [9.17, 15) is 4.79 Å². The summed E-state index contributed by atoms with van der Waals surface area (Å²) >= 11 is 0. The second-order valence-corrected chi connectivity index (χ2v) is 7.62. The SMILES string of the molecule is O=C(Cc1cccc2ccccc12)N1CCc2cnc(N3CCOCC3)nc2C1. The number of aromatic nitrogens is 2. The van der Waals surface area contributed by atoms with Crippen LogP contribution in [0.3, 0.4) is 0 Å². The highest BCUT2D eigenvalue weighted by Gasteiger charge is 2.24. The Morgan fingerprint density at radius 1 is 1.03 bits per heavy atom. The number of ether oxygens (including phenoxy) is 1. The first kappa shape index (κ1) is 18.1. The molecule has 2 aliphatic heterocycles. The minimum absolute atomic E-state index is 0.151. The Hall–Kier alpha value is -2.99. The van der Waals surface area contributed by atoms with Gasteiger partial charge in [0.25, 0.3) is 0 Å². The maximum Gasteiger partial charge on any atom is 0.227 e. The van der Waals surface area contributed by atoms with Crippen LogP contribution >= 0.6 is 0 Å². The molecule has 0 N–H and O–H groups in total. The molecule has 0 aliphatic carbocycles. The molecule has 0 atom stereocenters. The minimum atomic E-state index is 0.151. The van der Waals surface area contributed by atoms with Gasteiger partial charge in [-0.1, -0.05) is 42.5 Å². The molecule has 0 bridgehead atoms. The number of hydrogen-bond donors (Lipinski definition) is 0. The molecule has 1 saturated heterocycles. The van der Waals surface area contributed by atoms with E-state index in [0.29, 0.717) is 26.2 Å². The Morgan fingerprint density at radius 2 is 1.86 bits per heavy atom. The summed E-state index contributed by atoms with van der Waals surface area (Å²) in [5.74, 6) is 0.897. The van der Waals surface area contributed by atoms with E-state index in [1.165, 1.54) is 5.39 Å². The zero-order chi connectivity index (χ0) is 19.6. The summed E-state index contributed by atoms with van der Waals surface area (Å²) in [6.45, 7) is 4.30. The lowest BCUT2D eigenvalue weighted by Gasteiger charge is -2.31. The minimum Gasteiger partial charge on any atom is -0.378 e. The van der Waals surface area contributed by atoms with Gasteiger partial charge < -0.3 is 14.5 Å². The predicted molar refractivity (Wildman–Crippen MR) is 112 cm³/mol. The normalized spacial score (nSPS) is 16.7. The number of carbonyl (C=O) groups is 1. The molecule has 2 aliphatic rings. The second-order valence-electron chi connectivity index (χ2n) is 7.62. The van der Waals surface area contributed by atoms with E-state index in [1.807, 2.05) is 29.3 Å². The highest BCUT2D eigenvalue weighted by atomic mass is 16.5. The van der Waals surface area contributed by atoms with E-state index in [2.05, 4.69) is 34.1 Å². The lowest BCUT2D eigenvalue weighted by atomic mass is 10.0. The molecule has 2 aromatic carbocycles. The van der Waals surface area contributed by atoms with Gasteiger partial charge in [0.15, 0.2) is 0 Å².